The topological polar surface area (TPSA) is 66.0 Å². The van der Waals surface area contributed by atoms with E-state index in [-0.39, 0.29) is 24.9 Å². The highest BCUT2D eigenvalue weighted by Gasteiger charge is 2.29. The lowest BCUT2D eigenvalue weighted by molar-refractivity contribution is -0.137. The molecule has 0 spiro atoms. The van der Waals surface area contributed by atoms with Gasteiger partial charge in [0, 0.05) is 32.0 Å². The minimum Gasteiger partial charge on any atom is -0.495 e. The van der Waals surface area contributed by atoms with Crippen molar-refractivity contribution < 1.29 is 14.3 Å². The van der Waals surface area contributed by atoms with Crippen molar-refractivity contribution in [3.8, 4) is 5.75 Å². The van der Waals surface area contributed by atoms with Gasteiger partial charge in [0.2, 0.25) is 11.8 Å². The van der Waals surface area contributed by atoms with E-state index in [9.17, 15) is 9.59 Å². The zero-order valence-corrected chi connectivity index (χ0v) is 15.7. The van der Waals surface area contributed by atoms with Crippen molar-refractivity contribution in [3.05, 3.63) is 54.4 Å². The Bertz CT molecular complexity index is 797. The number of rotatable bonds is 6. The van der Waals surface area contributed by atoms with Gasteiger partial charge in [0.05, 0.1) is 19.3 Å². The van der Waals surface area contributed by atoms with Gasteiger partial charge in [-0.05, 0) is 30.8 Å². The van der Waals surface area contributed by atoms with Gasteiger partial charge >= 0.3 is 0 Å². The largest absolute Gasteiger partial charge is 0.495 e. The highest BCUT2D eigenvalue weighted by Crippen LogP contribution is 2.28. The van der Waals surface area contributed by atoms with Crippen LogP contribution in [0, 0.1) is 0 Å². The molecule has 0 saturated carbocycles. The number of methoxy groups -OCH3 is 1. The second-order valence-corrected chi connectivity index (χ2v) is 6.57. The number of anilines is 1. The van der Waals surface area contributed by atoms with Gasteiger partial charge < -0.3 is 14.5 Å². The zero-order chi connectivity index (χ0) is 19.2. The van der Waals surface area contributed by atoms with E-state index in [0.29, 0.717) is 25.4 Å². The minimum atomic E-state index is -0.103. The fourth-order valence-electron chi connectivity index (χ4n) is 3.18. The van der Waals surface area contributed by atoms with Crippen LogP contribution in [0.15, 0.2) is 48.8 Å². The molecule has 2 heterocycles. The normalized spacial score (nSPS) is 14.6. The van der Waals surface area contributed by atoms with Gasteiger partial charge in [0.1, 0.15) is 12.3 Å². The number of carbonyl (C=O) groups is 2. The van der Waals surface area contributed by atoms with Crippen LogP contribution in [0.5, 0.6) is 5.75 Å². The third-order valence-electron chi connectivity index (χ3n) is 4.53. The molecule has 0 N–H and O–H groups in total. The summed E-state index contributed by atoms with van der Waals surface area (Å²) in [6.45, 7) is 1.93. The van der Waals surface area contributed by atoms with E-state index in [0.717, 1.165) is 11.3 Å². The number of nitrogens with zero attached hydrogens (tertiary/aromatic N) is 4. The van der Waals surface area contributed by atoms with Crippen LogP contribution < -0.4 is 9.64 Å². The van der Waals surface area contributed by atoms with Crippen LogP contribution >= 0.6 is 0 Å². The number of carbonyl (C=O) groups excluding carboxylic acids is 2. The van der Waals surface area contributed by atoms with E-state index in [1.807, 2.05) is 48.3 Å². The van der Waals surface area contributed by atoms with Crippen LogP contribution in [0.3, 0.4) is 0 Å². The molecule has 1 aromatic heterocycles. The quantitative estimate of drug-likeness (QED) is 0.771. The number of para-hydroxylation sites is 2. The molecular weight excluding hydrogens is 344 g/mol. The van der Waals surface area contributed by atoms with E-state index < -0.39 is 0 Å². The van der Waals surface area contributed by atoms with Gasteiger partial charge in [0.15, 0.2) is 0 Å². The Morgan fingerprint density at radius 3 is 2.74 bits per heavy atom. The van der Waals surface area contributed by atoms with Crippen molar-refractivity contribution in [1.29, 1.82) is 0 Å². The van der Waals surface area contributed by atoms with E-state index in [1.54, 1.807) is 29.3 Å². The van der Waals surface area contributed by atoms with Crippen LogP contribution in [-0.4, -0.2) is 66.9 Å². The molecule has 0 bridgehead atoms. The number of likely N-dealkylation sites (N-methyl/N-ethyl adjacent to an activating group) is 1. The molecule has 0 atom stereocenters. The smallest absolute Gasteiger partial charge is 0.246 e. The first-order chi connectivity index (χ1) is 13.1. The third kappa shape index (κ3) is 4.62. The molecule has 2 aromatic rings. The lowest BCUT2D eigenvalue weighted by Crippen LogP contribution is -2.54. The highest BCUT2D eigenvalue weighted by molar-refractivity contribution is 5.99. The summed E-state index contributed by atoms with van der Waals surface area (Å²) in [7, 11) is 3.47. The zero-order valence-electron chi connectivity index (χ0n) is 15.7. The first-order valence-corrected chi connectivity index (χ1v) is 8.87. The summed E-state index contributed by atoms with van der Waals surface area (Å²) in [6.07, 6.45) is 3.51. The van der Waals surface area contributed by atoms with Gasteiger partial charge in [-0.15, -0.1) is 0 Å². The second-order valence-electron chi connectivity index (χ2n) is 6.57. The molecule has 1 aliphatic heterocycles. The Labute approximate surface area is 159 Å². The Morgan fingerprint density at radius 2 is 2.04 bits per heavy atom. The van der Waals surface area contributed by atoms with Crippen molar-refractivity contribution in [3.63, 3.8) is 0 Å². The number of aromatic nitrogens is 1. The summed E-state index contributed by atoms with van der Waals surface area (Å²) >= 11 is 0. The van der Waals surface area contributed by atoms with Crippen molar-refractivity contribution >= 4 is 17.5 Å². The summed E-state index contributed by atoms with van der Waals surface area (Å²) in [5, 5.41) is 0. The molecule has 7 nitrogen and oxygen atoms in total. The summed E-state index contributed by atoms with van der Waals surface area (Å²) < 4.78 is 5.34. The molecule has 142 valence electrons. The van der Waals surface area contributed by atoms with Gasteiger partial charge in [0.25, 0.3) is 0 Å². The first-order valence-electron chi connectivity index (χ1n) is 8.87. The molecule has 0 aliphatic carbocycles. The number of hydrogen-bond acceptors (Lipinski definition) is 5. The molecule has 27 heavy (non-hydrogen) atoms. The molecule has 1 saturated heterocycles. The lowest BCUT2D eigenvalue weighted by Gasteiger charge is -2.35. The standard InChI is InChI=1S/C20H24N4O3/c1-22(13-16-6-5-9-21-12-16)14-19(25)23-10-11-24(20(26)15-23)17-7-3-4-8-18(17)27-2/h3-9,12H,10-11,13-15H2,1-2H3. The maximum absolute atomic E-state index is 12.6. The van der Waals surface area contributed by atoms with E-state index in [1.165, 1.54) is 0 Å². The molecule has 0 unspecified atom stereocenters. The minimum absolute atomic E-state index is 0.0468. The maximum Gasteiger partial charge on any atom is 0.246 e. The van der Waals surface area contributed by atoms with Gasteiger partial charge in [-0.3, -0.25) is 19.5 Å². The predicted molar refractivity (Wildman–Crippen MR) is 102 cm³/mol. The second kappa shape index (κ2) is 8.64. The predicted octanol–water partition coefficient (Wildman–Crippen LogP) is 1.40. The number of ether oxygens (including phenoxy) is 1. The van der Waals surface area contributed by atoms with E-state index >= 15 is 0 Å². The van der Waals surface area contributed by atoms with Crippen LogP contribution in [0.4, 0.5) is 5.69 Å². The lowest BCUT2D eigenvalue weighted by atomic mass is 10.2. The summed E-state index contributed by atoms with van der Waals surface area (Å²) in [5.74, 6) is 0.505. The Kier molecular flexibility index (Phi) is 6.03. The fraction of sp³-hybridized carbons (Fsp3) is 0.350. The maximum atomic E-state index is 12.6. The molecule has 7 heteroatoms. The SMILES string of the molecule is COc1ccccc1N1CCN(C(=O)CN(C)Cc2cccnc2)CC1=O. The van der Waals surface area contributed by atoms with E-state index in [2.05, 4.69) is 4.98 Å². The highest BCUT2D eigenvalue weighted by atomic mass is 16.5. The third-order valence-corrected chi connectivity index (χ3v) is 4.53. The van der Waals surface area contributed by atoms with Crippen molar-refractivity contribution in [2.24, 2.45) is 0 Å². The molecule has 2 amide bonds. The van der Waals surface area contributed by atoms with Crippen molar-refractivity contribution in [2.75, 3.05) is 45.2 Å². The molecule has 1 aliphatic rings. The first kappa shape index (κ1) is 18.8. The van der Waals surface area contributed by atoms with Crippen LogP contribution in [0.2, 0.25) is 0 Å². The summed E-state index contributed by atoms with van der Waals surface area (Å²) in [4.78, 5) is 34.5. The summed E-state index contributed by atoms with van der Waals surface area (Å²) in [5.41, 5.74) is 1.79. The van der Waals surface area contributed by atoms with E-state index in [4.69, 9.17) is 4.74 Å². The monoisotopic (exact) mass is 368 g/mol. The average Bonchev–Trinajstić information content (AvgIpc) is 2.68. The number of pyridine rings is 1. The number of benzene rings is 1. The molecule has 1 fully saturated rings. The van der Waals surface area contributed by atoms with Crippen LogP contribution in [-0.2, 0) is 16.1 Å². The molecule has 0 radical (unpaired) electrons. The molecule has 3 rings (SSSR count). The van der Waals surface area contributed by atoms with Crippen LogP contribution in [0.25, 0.3) is 0 Å². The number of amides is 2. The molecule has 1 aromatic carbocycles. The Hall–Kier alpha value is -2.93. The van der Waals surface area contributed by atoms with Gasteiger partial charge in [-0.25, -0.2) is 0 Å². The summed E-state index contributed by atoms with van der Waals surface area (Å²) in [6, 6.07) is 11.3. The number of piperazine rings is 1. The van der Waals surface area contributed by atoms with Gasteiger partial charge in [-0.2, -0.15) is 0 Å². The average molecular weight is 368 g/mol. The van der Waals surface area contributed by atoms with Crippen molar-refractivity contribution in [1.82, 2.24) is 14.8 Å². The van der Waals surface area contributed by atoms with Crippen molar-refractivity contribution in [2.45, 2.75) is 6.54 Å². The Morgan fingerprint density at radius 1 is 1.22 bits per heavy atom. The Balaban J connectivity index is 1.57. The fourth-order valence-corrected chi connectivity index (χ4v) is 3.18. The van der Waals surface area contributed by atoms with Gasteiger partial charge in [-0.1, -0.05) is 18.2 Å². The number of hydrogen-bond donors (Lipinski definition) is 0. The molecular formula is C20H24N4O3. The van der Waals surface area contributed by atoms with Crippen LogP contribution in [0.1, 0.15) is 5.56 Å².